The summed E-state index contributed by atoms with van der Waals surface area (Å²) in [6.07, 6.45) is 1.56. The number of hydrogen-bond acceptors (Lipinski definition) is 5. The highest BCUT2D eigenvalue weighted by Gasteiger charge is 2.13. The lowest BCUT2D eigenvalue weighted by molar-refractivity contribution is 0.0945. The first kappa shape index (κ1) is 13.3. The number of aryl methyl sites for hydroxylation is 1. The molecule has 0 aliphatic carbocycles. The van der Waals surface area contributed by atoms with E-state index >= 15 is 0 Å². The molecule has 0 aliphatic rings. The van der Waals surface area contributed by atoms with E-state index in [1.165, 1.54) is 0 Å². The first-order valence-electron chi connectivity index (χ1n) is 5.57. The molecule has 0 saturated heterocycles. The predicted molar refractivity (Wildman–Crippen MR) is 71.0 cm³/mol. The molecule has 0 radical (unpaired) electrons. The van der Waals surface area contributed by atoms with E-state index in [0.717, 1.165) is 0 Å². The van der Waals surface area contributed by atoms with Gasteiger partial charge >= 0.3 is 0 Å². The molecule has 0 atom stereocenters. The lowest BCUT2D eigenvalue weighted by Crippen LogP contribution is -2.25. The molecule has 8 heteroatoms. The molecule has 2 N–H and O–H groups in total. The second kappa shape index (κ2) is 5.66. The Labute approximate surface area is 115 Å². The van der Waals surface area contributed by atoms with Gasteiger partial charge in [0.25, 0.3) is 5.91 Å². The molecule has 2 heterocycles. The number of nitrogens with one attached hydrogen (secondary N) is 2. The number of carbonyl (C=O) groups excluding carboxylic acids is 1. The van der Waals surface area contributed by atoms with E-state index in [0.29, 0.717) is 16.7 Å². The molecular weight excluding hydrogens is 268 g/mol. The van der Waals surface area contributed by atoms with Gasteiger partial charge in [-0.25, -0.2) is 9.97 Å². The molecular formula is C11H13ClN6O. The number of amides is 1. The van der Waals surface area contributed by atoms with Crippen molar-refractivity contribution in [1.29, 1.82) is 0 Å². The van der Waals surface area contributed by atoms with Gasteiger partial charge in [-0.2, -0.15) is 5.10 Å². The molecule has 19 heavy (non-hydrogen) atoms. The van der Waals surface area contributed by atoms with Crippen LogP contribution < -0.4 is 10.6 Å². The first-order valence-corrected chi connectivity index (χ1v) is 5.95. The summed E-state index contributed by atoms with van der Waals surface area (Å²) in [6.45, 7) is 0.224. The summed E-state index contributed by atoms with van der Waals surface area (Å²) in [5.41, 5.74) is 0.171. The minimum absolute atomic E-state index is 0.171. The molecule has 0 fully saturated rings. The number of nitrogens with zero attached hydrogens (tertiary/aromatic N) is 4. The lowest BCUT2D eigenvalue weighted by Gasteiger charge is -2.06. The van der Waals surface area contributed by atoms with Crippen LogP contribution in [0.15, 0.2) is 18.5 Å². The molecule has 0 bridgehead atoms. The highest BCUT2D eigenvalue weighted by atomic mass is 35.5. The summed E-state index contributed by atoms with van der Waals surface area (Å²) < 4.78 is 1.56. The Balaban J connectivity index is 2.07. The third-order valence-corrected chi connectivity index (χ3v) is 2.68. The van der Waals surface area contributed by atoms with E-state index < -0.39 is 0 Å². The molecule has 2 aromatic heterocycles. The molecule has 100 valence electrons. The zero-order valence-corrected chi connectivity index (χ0v) is 11.3. The quantitative estimate of drug-likeness (QED) is 0.867. The van der Waals surface area contributed by atoms with E-state index in [9.17, 15) is 4.79 Å². The average Bonchev–Trinajstić information content (AvgIpc) is 2.82. The minimum Gasteiger partial charge on any atom is -0.373 e. The van der Waals surface area contributed by atoms with Crippen molar-refractivity contribution in [2.24, 2.45) is 7.05 Å². The Hall–Kier alpha value is -2.15. The number of carbonyl (C=O) groups is 1. The Kier molecular flexibility index (Phi) is 3.96. The fourth-order valence-electron chi connectivity index (χ4n) is 1.45. The van der Waals surface area contributed by atoms with Crippen molar-refractivity contribution in [1.82, 2.24) is 25.1 Å². The van der Waals surface area contributed by atoms with Crippen LogP contribution >= 0.6 is 11.6 Å². The van der Waals surface area contributed by atoms with Gasteiger partial charge in [0.15, 0.2) is 5.82 Å². The Morgan fingerprint density at radius 2 is 2.26 bits per heavy atom. The maximum Gasteiger partial charge on any atom is 0.271 e. The molecule has 0 aromatic carbocycles. The number of halogens is 1. The molecule has 0 spiro atoms. The van der Waals surface area contributed by atoms with Gasteiger partial charge in [0.1, 0.15) is 17.8 Å². The zero-order valence-electron chi connectivity index (χ0n) is 10.5. The van der Waals surface area contributed by atoms with Crippen LogP contribution in [0.25, 0.3) is 0 Å². The van der Waals surface area contributed by atoms with Crippen molar-refractivity contribution >= 4 is 23.3 Å². The summed E-state index contributed by atoms with van der Waals surface area (Å²) in [6, 6.07) is 3.31. The zero-order chi connectivity index (χ0) is 13.8. The van der Waals surface area contributed by atoms with E-state index in [1.54, 1.807) is 37.2 Å². The van der Waals surface area contributed by atoms with E-state index in [4.69, 9.17) is 11.6 Å². The van der Waals surface area contributed by atoms with Crippen molar-refractivity contribution in [2.45, 2.75) is 6.54 Å². The van der Waals surface area contributed by atoms with Gasteiger partial charge in [-0.1, -0.05) is 11.6 Å². The fraction of sp³-hybridized carbons (Fsp3) is 0.273. The molecule has 0 unspecified atom stereocenters. The van der Waals surface area contributed by atoms with Gasteiger partial charge < -0.3 is 10.6 Å². The van der Waals surface area contributed by atoms with E-state index in [1.807, 2.05) is 0 Å². The van der Waals surface area contributed by atoms with Crippen LogP contribution in [0, 0.1) is 0 Å². The van der Waals surface area contributed by atoms with Gasteiger partial charge in [0.05, 0.1) is 11.6 Å². The highest BCUT2D eigenvalue weighted by molar-refractivity contribution is 6.33. The van der Waals surface area contributed by atoms with Crippen LogP contribution in [0.2, 0.25) is 5.02 Å². The molecule has 2 rings (SSSR count). The number of aromatic nitrogens is 4. The first-order chi connectivity index (χ1) is 9.10. The average molecular weight is 281 g/mol. The molecule has 0 aliphatic heterocycles. The molecule has 0 saturated carbocycles. The smallest absolute Gasteiger partial charge is 0.271 e. The third-order valence-electron chi connectivity index (χ3n) is 2.37. The van der Waals surface area contributed by atoms with Gasteiger partial charge in [-0.3, -0.25) is 9.48 Å². The van der Waals surface area contributed by atoms with Gasteiger partial charge in [0, 0.05) is 14.1 Å². The summed E-state index contributed by atoms with van der Waals surface area (Å²) in [5.74, 6) is 0.733. The summed E-state index contributed by atoms with van der Waals surface area (Å²) >= 11 is 5.95. The number of rotatable bonds is 4. The van der Waals surface area contributed by atoms with E-state index in [2.05, 4.69) is 25.7 Å². The largest absolute Gasteiger partial charge is 0.373 e. The number of pyridine rings is 1. The van der Waals surface area contributed by atoms with Crippen LogP contribution in [0.3, 0.4) is 0 Å². The molecule has 2 aromatic rings. The Morgan fingerprint density at radius 3 is 2.89 bits per heavy atom. The second-order valence-corrected chi connectivity index (χ2v) is 4.20. The monoisotopic (exact) mass is 280 g/mol. The van der Waals surface area contributed by atoms with Crippen LogP contribution in [0.5, 0.6) is 0 Å². The summed E-state index contributed by atoms with van der Waals surface area (Å²) in [5, 5.41) is 9.87. The number of hydrogen-bond donors (Lipinski definition) is 2. The van der Waals surface area contributed by atoms with Crippen molar-refractivity contribution in [2.75, 3.05) is 12.4 Å². The molecule has 1 amide bonds. The van der Waals surface area contributed by atoms with Crippen molar-refractivity contribution in [3.8, 4) is 0 Å². The van der Waals surface area contributed by atoms with Gasteiger partial charge in [-0.15, -0.1) is 0 Å². The number of anilines is 1. The maximum atomic E-state index is 12.0. The van der Waals surface area contributed by atoms with E-state index in [-0.39, 0.29) is 18.1 Å². The Morgan fingerprint density at radius 1 is 1.47 bits per heavy atom. The minimum atomic E-state index is -0.366. The van der Waals surface area contributed by atoms with Crippen LogP contribution in [0.4, 0.5) is 5.82 Å². The van der Waals surface area contributed by atoms with Crippen LogP contribution in [0.1, 0.15) is 16.3 Å². The summed E-state index contributed by atoms with van der Waals surface area (Å²) in [7, 11) is 3.48. The third kappa shape index (κ3) is 3.19. The standard InChI is InChI=1S/C11H13ClN6O/c1-13-8-4-3-7(12)10(16-8)11(19)14-5-9-15-6-18(2)17-9/h3-4,6H,5H2,1-2H3,(H,13,16)(H,14,19). The van der Waals surface area contributed by atoms with Crippen LogP contribution in [-0.2, 0) is 13.6 Å². The van der Waals surface area contributed by atoms with Crippen LogP contribution in [-0.4, -0.2) is 32.7 Å². The lowest BCUT2D eigenvalue weighted by atomic mass is 10.3. The Bertz CT molecular complexity index is 597. The fourth-order valence-corrected chi connectivity index (χ4v) is 1.64. The normalized spacial score (nSPS) is 10.3. The van der Waals surface area contributed by atoms with Crippen molar-refractivity contribution < 1.29 is 4.79 Å². The summed E-state index contributed by atoms with van der Waals surface area (Å²) in [4.78, 5) is 20.1. The maximum absolute atomic E-state index is 12.0. The topological polar surface area (TPSA) is 84.7 Å². The van der Waals surface area contributed by atoms with Crippen molar-refractivity contribution in [3.05, 3.63) is 35.0 Å². The van der Waals surface area contributed by atoms with Gasteiger partial charge in [-0.05, 0) is 12.1 Å². The van der Waals surface area contributed by atoms with Crippen molar-refractivity contribution in [3.63, 3.8) is 0 Å². The van der Waals surface area contributed by atoms with Gasteiger partial charge in [0.2, 0.25) is 0 Å². The SMILES string of the molecule is CNc1ccc(Cl)c(C(=O)NCc2ncn(C)n2)n1. The molecule has 7 nitrogen and oxygen atoms in total. The second-order valence-electron chi connectivity index (χ2n) is 3.79. The predicted octanol–water partition coefficient (Wildman–Crippen LogP) is 0.835. The highest BCUT2D eigenvalue weighted by Crippen LogP contribution is 2.16.